The average molecular weight is 595 g/mol. The molecule has 240 valence electrons. The summed E-state index contributed by atoms with van der Waals surface area (Å²) in [6.07, 6.45) is 12.7. The first-order valence-corrected chi connectivity index (χ1v) is 16.7. The fraction of sp³-hybridized carbons (Fsp3) is 0.784. The molecular weight excluding hydrogens is 536 g/mol. The fourth-order valence-electron chi connectivity index (χ4n) is 8.97. The molecule has 0 unspecified atom stereocenters. The molecule has 3 aliphatic rings. The third kappa shape index (κ3) is 6.81. The zero-order valence-corrected chi connectivity index (χ0v) is 28.8. The van der Waals surface area contributed by atoms with Crippen molar-refractivity contribution in [1.82, 2.24) is 5.32 Å². The van der Waals surface area contributed by atoms with Crippen molar-refractivity contribution >= 4 is 17.7 Å². The predicted molar refractivity (Wildman–Crippen MR) is 172 cm³/mol. The Morgan fingerprint density at radius 1 is 1.05 bits per heavy atom. The Morgan fingerprint density at radius 2 is 1.72 bits per heavy atom. The van der Waals surface area contributed by atoms with Gasteiger partial charge in [-0.15, -0.1) is 0 Å². The lowest BCUT2D eigenvalue weighted by atomic mass is 9.40. The number of fused-ring (bicyclic) bond motifs is 3. The second-order valence-electron chi connectivity index (χ2n) is 16.3. The molecule has 0 heterocycles. The van der Waals surface area contributed by atoms with Crippen molar-refractivity contribution in [3.8, 4) is 6.07 Å². The minimum absolute atomic E-state index is 0.0385. The number of ether oxygens (including phenoxy) is 1. The molecule has 6 nitrogen and oxygen atoms in total. The molecule has 1 amide bonds. The van der Waals surface area contributed by atoms with E-state index in [-0.39, 0.29) is 50.8 Å². The average Bonchev–Trinajstić information content (AvgIpc) is 2.90. The van der Waals surface area contributed by atoms with Crippen LogP contribution < -0.4 is 5.32 Å². The van der Waals surface area contributed by atoms with Gasteiger partial charge in [-0.25, -0.2) is 4.79 Å². The Balaban J connectivity index is 1.93. The summed E-state index contributed by atoms with van der Waals surface area (Å²) >= 11 is 0. The summed E-state index contributed by atoms with van der Waals surface area (Å²) in [6.45, 7) is 22.8. The summed E-state index contributed by atoms with van der Waals surface area (Å²) in [5, 5.41) is 12.6. The summed E-state index contributed by atoms with van der Waals surface area (Å²) in [7, 11) is 0. The highest BCUT2D eigenvalue weighted by molar-refractivity contribution is 6.04. The molecule has 3 aliphatic carbocycles. The van der Waals surface area contributed by atoms with Gasteiger partial charge in [-0.2, -0.15) is 5.26 Å². The highest BCUT2D eigenvalue weighted by atomic mass is 16.5. The summed E-state index contributed by atoms with van der Waals surface area (Å²) in [5.74, 6) is 0.101. The highest BCUT2D eigenvalue weighted by Crippen LogP contribution is 2.69. The van der Waals surface area contributed by atoms with Gasteiger partial charge in [-0.1, -0.05) is 80.4 Å². The summed E-state index contributed by atoms with van der Waals surface area (Å²) in [5.41, 5.74) is -0.171. The molecule has 1 fully saturated rings. The number of hydrogen-bond acceptors (Lipinski definition) is 5. The van der Waals surface area contributed by atoms with Gasteiger partial charge >= 0.3 is 6.09 Å². The Labute approximate surface area is 261 Å². The summed E-state index contributed by atoms with van der Waals surface area (Å²) < 4.78 is 5.54. The molecule has 43 heavy (non-hydrogen) atoms. The number of hydrogen-bond donors (Lipinski definition) is 1. The van der Waals surface area contributed by atoms with Crippen LogP contribution in [0.4, 0.5) is 4.79 Å². The van der Waals surface area contributed by atoms with Crippen molar-refractivity contribution in [2.45, 2.75) is 133 Å². The zero-order chi connectivity index (χ0) is 32.5. The van der Waals surface area contributed by atoms with Gasteiger partial charge in [0.2, 0.25) is 0 Å². The smallest absolute Gasteiger partial charge is 0.407 e. The normalized spacial score (nSPS) is 31.5. The predicted octanol–water partition coefficient (Wildman–Crippen LogP) is 8.90. The highest BCUT2D eigenvalue weighted by Gasteiger charge is 2.63. The number of nitrogens with zero attached hydrogens (tertiary/aromatic N) is 1. The maximum Gasteiger partial charge on any atom is 0.407 e. The number of allylic oxidation sites excluding steroid dienone is 4. The molecular formula is C37H58N2O4. The zero-order valence-electron chi connectivity index (χ0n) is 28.8. The van der Waals surface area contributed by atoms with Crippen molar-refractivity contribution < 1.29 is 19.1 Å². The van der Waals surface area contributed by atoms with Crippen LogP contribution in [0.2, 0.25) is 0 Å². The second-order valence-corrected chi connectivity index (χ2v) is 16.3. The molecule has 5 atom stereocenters. The van der Waals surface area contributed by atoms with Gasteiger partial charge < -0.3 is 10.1 Å². The molecule has 6 heteroatoms. The SMILES string of the molecule is CCCC(C)(C)CC[C@](C)(CCOC(=O)NCC)CC[C@]1(C)CC(=O)C=C2[C@@]3(C)C=C(C#N)C(=O)C(C)(C)[C@@H]3CC[C@]21C. The Morgan fingerprint density at radius 3 is 2.33 bits per heavy atom. The Bertz CT molecular complexity index is 1210. The number of Topliss-reactive ketones (excluding diaryl/α,β-unsaturated/α-hetero) is 1. The quantitative estimate of drug-likeness (QED) is 0.243. The lowest BCUT2D eigenvalue weighted by Crippen LogP contribution is -2.57. The van der Waals surface area contributed by atoms with E-state index in [0.717, 1.165) is 56.9 Å². The van der Waals surface area contributed by atoms with Crippen molar-refractivity contribution in [2.24, 2.45) is 38.4 Å². The van der Waals surface area contributed by atoms with E-state index >= 15 is 0 Å². The van der Waals surface area contributed by atoms with Crippen LogP contribution in [0.25, 0.3) is 0 Å². The van der Waals surface area contributed by atoms with E-state index < -0.39 is 10.8 Å². The van der Waals surface area contributed by atoms with Gasteiger partial charge in [-0.3, -0.25) is 9.59 Å². The van der Waals surface area contributed by atoms with Gasteiger partial charge in [0.25, 0.3) is 0 Å². The van der Waals surface area contributed by atoms with Crippen LogP contribution in [0.5, 0.6) is 0 Å². The van der Waals surface area contributed by atoms with E-state index in [1.807, 2.05) is 32.9 Å². The van der Waals surface area contributed by atoms with Crippen LogP contribution in [0, 0.1) is 49.7 Å². The number of amides is 1. The largest absolute Gasteiger partial charge is 0.450 e. The number of ketones is 2. The first kappa shape index (κ1) is 35.1. The van der Waals surface area contributed by atoms with Crippen LogP contribution >= 0.6 is 0 Å². The van der Waals surface area contributed by atoms with Crippen LogP contribution in [-0.4, -0.2) is 30.8 Å². The number of carbonyl (C=O) groups excluding carboxylic acids is 3. The van der Waals surface area contributed by atoms with Crippen molar-refractivity contribution in [1.29, 1.82) is 5.26 Å². The van der Waals surface area contributed by atoms with E-state index in [1.165, 1.54) is 6.42 Å². The molecule has 0 radical (unpaired) electrons. The molecule has 0 bridgehead atoms. The van der Waals surface area contributed by atoms with Crippen molar-refractivity contribution in [3.05, 3.63) is 23.3 Å². The lowest BCUT2D eigenvalue weighted by molar-refractivity contribution is -0.133. The topological polar surface area (TPSA) is 96.3 Å². The Hall–Kier alpha value is -2.42. The van der Waals surface area contributed by atoms with Crippen LogP contribution in [0.3, 0.4) is 0 Å². The number of nitrogens with one attached hydrogen (secondary N) is 1. The lowest BCUT2D eigenvalue weighted by Gasteiger charge is -2.63. The molecule has 1 N–H and O–H groups in total. The third-order valence-corrected chi connectivity index (χ3v) is 12.2. The first-order chi connectivity index (χ1) is 19.8. The van der Waals surface area contributed by atoms with Crippen LogP contribution in [-0.2, 0) is 14.3 Å². The molecule has 3 rings (SSSR count). The minimum atomic E-state index is -0.665. The van der Waals surface area contributed by atoms with Crippen LogP contribution in [0.1, 0.15) is 133 Å². The van der Waals surface area contributed by atoms with Gasteiger partial charge in [0.05, 0.1) is 12.2 Å². The van der Waals surface area contributed by atoms with Gasteiger partial charge in [0.1, 0.15) is 6.07 Å². The second kappa shape index (κ2) is 12.5. The van der Waals surface area contributed by atoms with E-state index in [9.17, 15) is 19.6 Å². The summed E-state index contributed by atoms with van der Waals surface area (Å²) in [4.78, 5) is 38.8. The summed E-state index contributed by atoms with van der Waals surface area (Å²) in [6, 6.07) is 2.18. The maximum atomic E-state index is 13.5. The molecule has 0 aliphatic heterocycles. The number of rotatable bonds is 12. The van der Waals surface area contributed by atoms with Gasteiger partial charge in [0, 0.05) is 23.8 Å². The molecule has 1 saturated carbocycles. The molecule has 0 aromatic rings. The van der Waals surface area contributed by atoms with E-state index in [1.54, 1.807) is 0 Å². The maximum absolute atomic E-state index is 13.5. The number of carbonyl (C=O) groups is 3. The van der Waals surface area contributed by atoms with Gasteiger partial charge in [0.15, 0.2) is 11.6 Å². The number of alkyl carbamates (subject to hydrolysis) is 1. The monoisotopic (exact) mass is 594 g/mol. The van der Waals surface area contributed by atoms with Crippen LogP contribution in [0.15, 0.2) is 23.3 Å². The fourth-order valence-corrected chi connectivity index (χ4v) is 8.97. The van der Waals surface area contributed by atoms with E-state index in [4.69, 9.17) is 4.74 Å². The molecule has 0 aromatic heterocycles. The van der Waals surface area contributed by atoms with Gasteiger partial charge in [-0.05, 0) is 91.9 Å². The standard InChI is InChI=1S/C37H58N2O4/c1-11-14-32(3,4)16-17-34(7,20-21-43-31(42)39-12-2)18-19-35(8)24-27(40)22-29-36(9)23-26(25-38)30(41)33(5,6)28(36)13-15-37(29,35)10/h22-23,28H,11-21,24H2,1-10H3,(H,39,42)/t28-,34-,35+,36-,37+/m0/s1. The van der Waals surface area contributed by atoms with E-state index in [2.05, 4.69) is 59.9 Å². The van der Waals surface area contributed by atoms with Crippen molar-refractivity contribution in [2.75, 3.05) is 13.2 Å². The molecule has 0 aromatic carbocycles. The minimum Gasteiger partial charge on any atom is -0.450 e. The first-order valence-electron chi connectivity index (χ1n) is 16.7. The van der Waals surface area contributed by atoms with E-state index in [0.29, 0.717) is 19.6 Å². The molecule has 0 spiro atoms. The Kier molecular flexibility index (Phi) is 10.2. The van der Waals surface area contributed by atoms with Crippen molar-refractivity contribution in [3.63, 3.8) is 0 Å². The molecule has 0 saturated heterocycles. The third-order valence-electron chi connectivity index (χ3n) is 12.2. The number of nitriles is 1.